The molecule has 0 radical (unpaired) electrons. The van der Waals surface area contributed by atoms with Crippen LogP contribution >= 0.6 is 0 Å². The van der Waals surface area contributed by atoms with Gasteiger partial charge in [-0.3, -0.25) is 4.79 Å². The summed E-state index contributed by atoms with van der Waals surface area (Å²) in [7, 11) is 0. The molecule has 5 heteroatoms. The van der Waals surface area contributed by atoms with Crippen LogP contribution < -0.4 is 0 Å². The molecule has 0 aliphatic carbocycles. The van der Waals surface area contributed by atoms with Gasteiger partial charge in [-0.15, -0.1) is 6.58 Å². The van der Waals surface area contributed by atoms with Crippen molar-refractivity contribution < 1.29 is 13.9 Å². The van der Waals surface area contributed by atoms with Gasteiger partial charge in [-0.2, -0.15) is 0 Å². The zero-order valence-electron chi connectivity index (χ0n) is 16.3. The number of rotatable bonds is 10. The molecule has 0 saturated carbocycles. The molecule has 2 aromatic carbocycles. The average molecular weight is 392 g/mol. The van der Waals surface area contributed by atoms with Crippen LogP contribution in [0.15, 0.2) is 85.6 Å². The maximum Gasteiger partial charge on any atom is 0.249 e. The smallest absolute Gasteiger partial charge is 0.249 e. The van der Waals surface area contributed by atoms with Crippen molar-refractivity contribution in [1.29, 1.82) is 0 Å². The van der Waals surface area contributed by atoms with E-state index in [2.05, 4.69) is 6.58 Å². The van der Waals surface area contributed by atoms with E-state index in [-0.39, 0.29) is 18.3 Å². The molecule has 3 rings (SSSR count). The molecular weight excluding hydrogens is 367 g/mol. The van der Waals surface area contributed by atoms with Crippen molar-refractivity contribution in [3.8, 4) is 0 Å². The van der Waals surface area contributed by atoms with Crippen molar-refractivity contribution in [2.24, 2.45) is 0 Å². The molecule has 1 amide bonds. The molecule has 29 heavy (non-hydrogen) atoms. The van der Waals surface area contributed by atoms with E-state index in [9.17, 15) is 9.18 Å². The van der Waals surface area contributed by atoms with Gasteiger partial charge in [0.2, 0.25) is 5.91 Å². The highest BCUT2D eigenvalue weighted by molar-refractivity contribution is 5.77. The van der Waals surface area contributed by atoms with Crippen LogP contribution in [0, 0.1) is 5.82 Å². The van der Waals surface area contributed by atoms with Gasteiger partial charge >= 0.3 is 0 Å². The molecule has 1 heterocycles. The predicted octanol–water partition coefficient (Wildman–Crippen LogP) is 4.41. The van der Waals surface area contributed by atoms with Crippen LogP contribution in [-0.2, 0) is 29.2 Å². The fourth-order valence-electron chi connectivity index (χ4n) is 3.11. The number of halogens is 1. The molecule has 0 atom stereocenters. The fraction of sp³-hybridized carbons (Fsp3) is 0.208. The highest BCUT2D eigenvalue weighted by atomic mass is 19.1. The first-order chi connectivity index (χ1) is 14.2. The largest absolute Gasteiger partial charge is 0.367 e. The summed E-state index contributed by atoms with van der Waals surface area (Å²) in [6.45, 7) is 5.56. The first-order valence-corrected chi connectivity index (χ1v) is 9.54. The normalized spacial score (nSPS) is 10.7. The number of hydrogen-bond acceptors (Lipinski definition) is 2. The van der Waals surface area contributed by atoms with Crippen LogP contribution in [0.25, 0.3) is 0 Å². The van der Waals surface area contributed by atoms with Crippen LogP contribution in [0.1, 0.15) is 16.8 Å². The highest BCUT2D eigenvalue weighted by Gasteiger charge is 2.15. The Bertz CT molecular complexity index is 937. The average Bonchev–Trinajstić information content (AvgIpc) is 3.15. The molecule has 0 N–H and O–H groups in total. The topological polar surface area (TPSA) is 34.5 Å². The monoisotopic (exact) mass is 392 g/mol. The van der Waals surface area contributed by atoms with Gasteiger partial charge < -0.3 is 14.2 Å². The molecule has 1 aromatic heterocycles. The second-order valence-corrected chi connectivity index (χ2v) is 6.80. The number of hydrogen-bond donors (Lipinski definition) is 0. The quantitative estimate of drug-likeness (QED) is 0.479. The Labute approximate surface area is 170 Å². The van der Waals surface area contributed by atoms with Gasteiger partial charge in [0.05, 0.1) is 13.2 Å². The molecule has 0 saturated heterocycles. The Morgan fingerprint density at radius 1 is 1.07 bits per heavy atom. The van der Waals surface area contributed by atoms with E-state index in [0.717, 1.165) is 16.8 Å². The van der Waals surface area contributed by atoms with Crippen molar-refractivity contribution in [2.75, 3.05) is 13.2 Å². The van der Waals surface area contributed by atoms with E-state index in [1.807, 2.05) is 59.3 Å². The minimum atomic E-state index is -0.254. The van der Waals surface area contributed by atoms with Gasteiger partial charge in [0.15, 0.2) is 0 Å². The second kappa shape index (κ2) is 10.4. The number of carbonyl (C=O) groups excluding carboxylic acids is 1. The number of aromatic nitrogens is 1. The van der Waals surface area contributed by atoms with Gasteiger partial charge in [0.25, 0.3) is 0 Å². The zero-order chi connectivity index (χ0) is 20.5. The molecule has 0 aliphatic rings. The Kier molecular flexibility index (Phi) is 7.36. The SMILES string of the molecule is C=CCN(Cc1cccn1Cc1cccc(F)c1)C(=O)COCc1ccccc1. The van der Waals surface area contributed by atoms with E-state index < -0.39 is 0 Å². The van der Waals surface area contributed by atoms with Gasteiger partial charge in [0.1, 0.15) is 12.4 Å². The van der Waals surface area contributed by atoms with Crippen molar-refractivity contribution >= 4 is 5.91 Å². The van der Waals surface area contributed by atoms with Crippen molar-refractivity contribution in [3.63, 3.8) is 0 Å². The lowest BCUT2D eigenvalue weighted by Crippen LogP contribution is -2.34. The van der Waals surface area contributed by atoms with Crippen LogP contribution in [0.5, 0.6) is 0 Å². The third-order valence-corrected chi connectivity index (χ3v) is 4.56. The Hall–Kier alpha value is -3.18. The lowest BCUT2D eigenvalue weighted by atomic mass is 10.2. The molecule has 0 aliphatic heterocycles. The van der Waals surface area contributed by atoms with E-state index in [4.69, 9.17) is 4.74 Å². The lowest BCUT2D eigenvalue weighted by molar-refractivity contribution is -0.136. The third-order valence-electron chi connectivity index (χ3n) is 4.56. The van der Waals surface area contributed by atoms with E-state index in [0.29, 0.717) is 26.2 Å². The second-order valence-electron chi connectivity index (χ2n) is 6.80. The first kappa shape index (κ1) is 20.6. The summed E-state index contributed by atoms with van der Waals surface area (Å²) < 4.78 is 21.1. The maximum absolute atomic E-state index is 13.5. The molecule has 0 unspecified atom stereocenters. The molecule has 150 valence electrons. The summed E-state index contributed by atoms with van der Waals surface area (Å²) >= 11 is 0. The van der Waals surface area contributed by atoms with Crippen LogP contribution in [0.2, 0.25) is 0 Å². The summed E-state index contributed by atoms with van der Waals surface area (Å²) in [5.74, 6) is -0.352. The number of benzene rings is 2. The zero-order valence-corrected chi connectivity index (χ0v) is 16.3. The minimum Gasteiger partial charge on any atom is -0.367 e. The van der Waals surface area contributed by atoms with Gasteiger partial charge in [0, 0.05) is 25.0 Å². The fourth-order valence-corrected chi connectivity index (χ4v) is 3.11. The van der Waals surface area contributed by atoms with E-state index >= 15 is 0 Å². The summed E-state index contributed by atoms with van der Waals surface area (Å²) in [6, 6.07) is 20.2. The van der Waals surface area contributed by atoms with Crippen molar-refractivity contribution in [3.05, 3.63) is 108 Å². The summed E-state index contributed by atoms with van der Waals surface area (Å²) in [5, 5.41) is 0. The molecule has 0 spiro atoms. The number of ether oxygens (including phenoxy) is 1. The molecule has 0 fully saturated rings. The first-order valence-electron chi connectivity index (χ1n) is 9.54. The lowest BCUT2D eigenvalue weighted by Gasteiger charge is -2.22. The van der Waals surface area contributed by atoms with Crippen molar-refractivity contribution in [2.45, 2.75) is 19.7 Å². The van der Waals surface area contributed by atoms with Gasteiger partial charge in [-0.25, -0.2) is 4.39 Å². The predicted molar refractivity (Wildman–Crippen MR) is 112 cm³/mol. The molecule has 0 bridgehead atoms. The van der Waals surface area contributed by atoms with E-state index in [1.54, 1.807) is 17.0 Å². The highest BCUT2D eigenvalue weighted by Crippen LogP contribution is 2.12. The Balaban J connectivity index is 1.60. The summed E-state index contributed by atoms with van der Waals surface area (Å²) in [6.07, 6.45) is 3.64. The standard InChI is InChI=1S/C24H25FN2O2/c1-2-13-27(24(28)19-29-18-20-8-4-3-5-9-20)17-23-12-7-14-26(23)16-21-10-6-11-22(25)15-21/h2-12,14-15H,1,13,16-19H2. The Morgan fingerprint density at radius 2 is 1.86 bits per heavy atom. The minimum absolute atomic E-state index is 0.00728. The van der Waals surface area contributed by atoms with Gasteiger partial charge in [-0.1, -0.05) is 48.5 Å². The molecule has 3 aromatic rings. The van der Waals surface area contributed by atoms with Gasteiger partial charge in [-0.05, 0) is 35.4 Å². The van der Waals surface area contributed by atoms with Crippen molar-refractivity contribution in [1.82, 2.24) is 9.47 Å². The molecule has 4 nitrogen and oxygen atoms in total. The van der Waals surface area contributed by atoms with E-state index in [1.165, 1.54) is 12.1 Å². The number of carbonyl (C=O) groups is 1. The van der Waals surface area contributed by atoms with Crippen LogP contribution in [-0.4, -0.2) is 28.5 Å². The van der Waals surface area contributed by atoms with Crippen LogP contribution in [0.4, 0.5) is 4.39 Å². The maximum atomic E-state index is 13.5. The Morgan fingerprint density at radius 3 is 2.62 bits per heavy atom. The number of nitrogens with zero attached hydrogens (tertiary/aromatic N) is 2. The number of amides is 1. The third kappa shape index (κ3) is 6.16. The summed E-state index contributed by atoms with van der Waals surface area (Å²) in [4.78, 5) is 14.4. The summed E-state index contributed by atoms with van der Waals surface area (Å²) in [5.41, 5.74) is 2.86. The molecular formula is C24H25FN2O2. The van der Waals surface area contributed by atoms with Crippen LogP contribution in [0.3, 0.4) is 0 Å².